The van der Waals surface area contributed by atoms with Crippen LogP contribution in [0.4, 0.5) is 5.69 Å². The quantitative estimate of drug-likeness (QED) is 0.135. The second kappa shape index (κ2) is 11.3. The molecule has 0 aliphatic carbocycles. The molecule has 0 spiro atoms. The van der Waals surface area contributed by atoms with Gasteiger partial charge in [-0.15, -0.1) is 0 Å². The van der Waals surface area contributed by atoms with Crippen molar-refractivity contribution in [3.05, 3.63) is 94.8 Å². The highest BCUT2D eigenvalue weighted by molar-refractivity contribution is 7.85. The molecule has 1 aromatic heterocycles. The van der Waals surface area contributed by atoms with Gasteiger partial charge in [0.15, 0.2) is 5.75 Å². The highest BCUT2D eigenvalue weighted by Gasteiger charge is 2.27. The number of fused-ring (bicyclic) bond motifs is 2. The van der Waals surface area contributed by atoms with Gasteiger partial charge in [-0.3, -0.25) is 4.55 Å². The number of unbranched alkanes of at least 4 members (excludes halogenated alkanes) is 1. The molecule has 1 N–H and O–H groups in total. The van der Waals surface area contributed by atoms with Gasteiger partial charge in [-0.25, -0.2) is 0 Å². The van der Waals surface area contributed by atoms with Gasteiger partial charge in [0.25, 0.3) is 15.1 Å². The van der Waals surface area contributed by atoms with E-state index in [-0.39, 0.29) is 5.75 Å². The van der Waals surface area contributed by atoms with Crippen molar-refractivity contribution in [1.29, 1.82) is 0 Å². The Morgan fingerprint density at radius 3 is 2.59 bits per heavy atom. The van der Waals surface area contributed by atoms with E-state index in [1.807, 2.05) is 30.3 Å². The SMILES string of the molecule is CC[n+]1c(/C=C(C)/C=C2/Oc3ccc(-c4ccccc4)cc3N2CCCCS(=O)(=O)O)sc2ccc(C)cc21. The number of rotatable bonds is 9. The maximum atomic E-state index is 11.2. The lowest BCUT2D eigenvalue weighted by molar-refractivity contribution is -0.665. The number of aromatic nitrogens is 1. The fourth-order valence-electron chi connectivity index (χ4n) is 4.88. The first-order chi connectivity index (χ1) is 18.7. The lowest BCUT2D eigenvalue weighted by Crippen LogP contribution is -2.33. The van der Waals surface area contributed by atoms with Gasteiger partial charge < -0.3 is 9.64 Å². The van der Waals surface area contributed by atoms with Crippen LogP contribution in [0.3, 0.4) is 0 Å². The predicted molar refractivity (Wildman–Crippen MR) is 160 cm³/mol. The van der Waals surface area contributed by atoms with Crippen LogP contribution in [-0.2, 0) is 16.7 Å². The normalized spacial score (nSPS) is 14.7. The summed E-state index contributed by atoms with van der Waals surface area (Å²) in [4.78, 5) is 2.10. The fourth-order valence-corrected chi connectivity index (χ4v) is 6.67. The van der Waals surface area contributed by atoms with Gasteiger partial charge in [-0.05, 0) is 74.1 Å². The van der Waals surface area contributed by atoms with E-state index in [2.05, 4.69) is 78.8 Å². The molecule has 2 heterocycles. The van der Waals surface area contributed by atoms with Gasteiger partial charge >= 0.3 is 0 Å². The number of benzene rings is 3. The number of ether oxygens (including phenoxy) is 1. The van der Waals surface area contributed by atoms with E-state index in [1.165, 1.54) is 20.8 Å². The zero-order chi connectivity index (χ0) is 27.6. The Morgan fingerprint density at radius 2 is 1.85 bits per heavy atom. The number of hydrogen-bond donors (Lipinski definition) is 1. The van der Waals surface area contributed by atoms with E-state index >= 15 is 0 Å². The van der Waals surface area contributed by atoms with E-state index in [0.717, 1.165) is 34.7 Å². The third-order valence-electron chi connectivity index (χ3n) is 6.78. The molecule has 0 radical (unpaired) electrons. The number of nitrogens with zero attached hydrogens (tertiary/aromatic N) is 2. The van der Waals surface area contributed by atoms with E-state index < -0.39 is 10.1 Å². The summed E-state index contributed by atoms with van der Waals surface area (Å²) >= 11 is 1.77. The Labute approximate surface area is 234 Å². The number of thiazole rings is 1. The number of hydrogen-bond acceptors (Lipinski definition) is 5. The zero-order valence-corrected chi connectivity index (χ0v) is 24.1. The molecule has 0 atom stereocenters. The second-order valence-electron chi connectivity index (χ2n) is 9.82. The molecule has 4 aromatic rings. The van der Waals surface area contributed by atoms with E-state index in [0.29, 0.717) is 25.3 Å². The summed E-state index contributed by atoms with van der Waals surface area (Å²) in [6.45, 7) is 7.79. The number of aryl methyl sites for hydroxylation is 2. The summed E-state index contributed by atoms with van der Waals surface area (Å²) in [5, 5.41) is 1.18. The highest BCUT2D eigenvalue weighted by atomic mass is 32.2. The summed E-state index contributed by atoms with van der Waals surface area (Å²) in [7, 11) is -3.99. The van der Waals surface area contributed by atoms with Crippen molar-refractivity contribution in [3.63, 3.8) is 0 Å². The summed E-state index contributed by atoms with van der Waals surface area (Å²) < 4.78 is 41.6. The maximum absolute atomic E-state index is 11.2. The Bertz CT molecular complexity index is 1670. The third-order valence-corrected chi connectivity index (χ3v) is 8.69. The first kappa shape index (κ1) is 27.1. The molecule has 0 bridgehead atoms. The molecule has 39 heavy (non-hydrogen) atoms. The first-order valence-corrected chi connectivity index (χ1v) is 15.6. The van der Waals surface area contributed by atoms with Crippen molar-refractivity contribution < 1.29 is 22.3 Å². The minimum atomic E-state index is -3.99. The summed E-state index contributed by atoms with van der Waals surface area (Å²) in [5.74, 6) is 1.22. The van der Waals surface area contributed by atoms with Crippen LogP contribution < -0.4 is 14.2 Å². The molecule has 0 saturated carbocycles. The van der Waals surface area contributed by atoms with Crippen LogP contribution >= 0.6 is 11.3 Å². The van der Waals surface area contributed by atoms with Crippen LogP contribution in [0.5, 0.6) is 5.75 Å². The van der Waals surface area contributed by atoms with Crippen molar-refractivity contribution in [3.8, 4) is 16.9 Å². The van der Waals surface area contributed by atoms with Crippen LogP contribution in [0.15, 0.2) is 84.3 Å². The largest absolute Gasteiger partial charge is 0.439 e. The predicted octanol–water partition coefficient (Wildman–Crippen LogP) is 7.00. The summed E-state index contributed by atoms with van der Waals surface area (Å²) in [6.07, 6.45) is 5.18. The third kappa shape index (κ3) is 6.24. The van der Waals surface area contributed by atoms with Gasteiger partial charge in [0.1, 0.15) is 11.2 Å². The first-order valence-electron chi connectivity index (χ1n) is 13.1. The molecule has 0 unspecified atom stereocenters. The zero-order valence-electron chi connectivity index (χ0n) is 22.4. The maximum Gasteiger partial charge on any atom is 0.264 e. The van der Waals surface area contributed by atoms with Crippen LogP contribution in [0.2, 0.25) is 0 Å². The van der Waals surface area contributed by atoms with Crippen LogP contribution in [0.25, 0.3) is 27.4 Å². The summed E-state index contributed by atoms with van der Waals surface area (Å²) in [6, 6.07) is 22.9. The minimum Gasteiger partial charge on any atom is -0.439 e. The van der Waals surface area contributed by atoms with E-state index in [1.54, 1.807) is 11.3 Å². The van der Waals surface area contributed by atoms with Crippen molar-refractivity contribution in [2.24, 2.45) is 0 Å². The molecular formula is C31H33N2O4S2+. The molecule has 0 amide bonds. The Kier molecular flexibility index (Phi) is 7.88. The van der Waals surface area contributed by atoms with Crippen molar-refractivity contribution in [2.75, 3.05) is 17.2 Å². The molecule has 202 valence electrons. The van der Waals surface area contributed by atoms with Gasteiger partial charge in [-0.1, -0.05) is 53.8 Å². The van der Waals surface area contributed by atoms with Crippen LogP contribution in [-0.4, -0.2) is 25.3 Å². The van der Waals surface area contributed by atoms with Crippen molar-refractivity contribution in [2.45, 2.75) is 40.2 Å². The van der Waals surface area contributed by atoms with Gasteiger partial charge in [-0.2, -0.15) is 13.0 Å². The van der Waals surface area contributed by atoms with Gasteiger partial charge in [0.05, 0.1) is 11.4 Å². The average Bonchev–Trinajstić information content (AvgIpc) is 3.42. The Balaban J connectivity index is 1.48. The van der Waals surface area contributed by atoms with E-state index in [4.69, 9.17) is 9.29 Å². The monoisotopic (exact) mass is 561 g/mol. The van der Waals surface area contributed by atoms with Crippen molar-refractivity contribution >= 4 is 43.4 Å². The van der Waals surface area contributed by atoms with Gasteiger partial charge in [0, 0.05) is 24.8 Å². The lowest BCUT2D eigenvalue weighted by atomic mass is 10.0. The molecule has 8 heteroatoms. The molecule has 0 fully saturated rings. The highest BCUT2D eigenvalue weighted by Crippen LogP contribution is 2.42. The number of allylic oxidation sites excluding steroid dienone is 2. The second-order valence-corrected chi connectivity index (χ2v) is 12.5. The topological polar surface area (TPSA) is 70.7 Å². The molecule has 6 nitrogen and oxygen atoms in total. The molecule has 5 rings (SSSR count). The Morgan fingerprint density at radius 1 is 1.05 bits per heavy atom. The smallest absolute Gasteiger partial charge is 0.264 e. The average molecular weight is 562 g/mol. The van der Waals surface area contributed by atoms with Gasteiger partial charge in [0.2, 0.25) is 11.4 Å². The molecule has 3 aromatic carbocycles. The fraction of sp³-hybridized carbons (Fsp3) is 0.258. The number of anilines is 1. The summed E-state index contributed by atoms with van der Waals surface area (Å²) in [5.41, 5.74) is 6.68. The van der Waals surface area contributed by atoms with Crippen LogP contribution in [0.1, 0.15) is 37.3 Å². The molecule has 1 aliphatic rings. The molecule has 1 aliphatic heterocycles. The molecular weight excluding hydrogens is 528 g/mol. The van der Waals surface area contributed by atoms with E-state index in [9.17, 15) is 8.42 Å². The van der Waals surface area contributed by atoms with Crippen LogP contribution in [0, 0.1) is 6.92 Å². The Hall–Kier alpha value is -3.46. The lowest BCUT2D eigenvalue weighted by Gasteiger charge is -2.19. The van der Waals surface area contributed by atoms with Crippen molar-refractivity contribution in [1.82, 2.24) is 0 Å². The molecule has 0 saturated heterocycles. The minimum absolute atomic E-state index is 0.251. The standard InChI is InChI=1S/C31H32N2O4S2/c1-4-32-27-18-22(2)12-15-29(27)38-31(32)20-23(3)19-30-33(16-8-9-17-39(34,35)36)26-21-25(13-14-28(26)37-30)24-10-6-5-7-11-24/h5-7,10-15,18-21H,4,8-9,16-17H2,1-3H3/p+1.